The van der Waals surface area contributed by atoms with Crippen LogP contribution in [0.3, 0.4) is 0 Å². The topological polar surface area (TPSA) is 19.6 Å². The average molecular weight is 194 g/mol. The molecule has 1 saturated heterocycles. The van der Waals surface area contributed by atoms with E-state index in [2.05, 4.69) is 22.9 Å². The third-order valence-corrected chi connectivity index (χ3v) is 2.80. The summed E-state index contributed by atoms with van der Waals surface area (Å²) in [5, 5.41) is 0. The Kier molecular flexibility index (Phi) is 3.22. The molecular formula is C11H18N2O. The third-order valence-electron chi connectivity index (χ3n) is 2.80. The van der Waals surface area contributed by atoms with Gasteiger partial charge in [0.1, 0.15) is 0 Å². The van der Waals surface area contributed by atoms with Gasteiger partial charge in [0.05, 0.1) is 12.5 Å². The first kappa shape index (κ1) is 9.74. The Balaban J connectivity index is 1.86. The predicted molar refractivity (Wildman–Crippen MR) is 56.1 cm³/mol. The molecule has 0 radical (unpaired) electrons. The highest BCUT2D eigenvalue weighted by Crippen LogP contribution is 2.08. The third kappa shape index (κ3) is 2.59. The maximum atomic E-state index is 5.07. The van der Waals surface area contributed by atoms with Crippen LogP contribution in [0, 0.1) is 0 Å². The Labute approximate surface area is 85.3 Å². The molecule has 1 aromatic heterocycles. The molecule has 1 aliphatic rings. The second kappa shape index (κ2) is 4.62. The molecule has 0 atom stereocenters. The van der Waals surface area contributed by atoms with Crippen molar-refractivity contribution in [3.05, 3.63) is 24.2 Å². The number of hydrogen-bond acceptors (Lipinski definition) is 3. The van der Waals surface area contributed by atoms with Crippen molar-refractivity contribution in [1.82, 2.24) is 9.80 Å². The van der Waals surface area contributed by atoms with E-state index in [1.54, 1.807) is 6.26 Å². The smallest absolute Gasteiger partial charge is 0.0947 e. The van der Waals surface area contributed by atoms with E-state index in [-0.39, 0.29) is 0 Å². The van der Waals surface area contributed by atoms with Crippen LogP contribution in [0.2, 0.25) is 0 Å². The van der Waals surface area contributed by atoms with Crippen molar-refractivity contribution in [2.24, 2.45) is 0 Å². The van der Waals surface area contributed by atoms with Gasteiger partial charge in [0.15, 0.2) is 0 Å². The zero-order valence-corrected chi connectivity index (χ0v) is 8.78. The van der Waals surface area contributed by atoms with E-state index >= 15 is 0 Å². The highest BCUT2D eigenvalue weighted by molar-refractivity contribution is 5.04. The summed E-state index contributed by atoms with van der Waals surface area (Å²) < 4.78 is 5.07. The van der Waals surface area contributed by atoms with Crippen molar-refractivity contribution in [2.75, 3.05) is 33.2 Å². The van der Waals surface area contributed by atoms with Gasteiger partial charge in [-0.05, 0) is 32.6 Å². The fourth-order valence-electron chi connectivity index (χ4n) is 1.90. The lowest BCUT2D eigenvalue weighted by Crippen LogP contribution is -2.28. The summed E-state index contributed by atoms with van der Waals surface area (Å²) in [5.74, 6) is 0. The highest BCUT2D eigenvalue weighted by atomic mass is 16.3. The molecule has 0 bridgehead atoms. The van der Waals surface area contributed by atoms with Gasteiger partial charge in [-0.15, -0.1) is 0 Å². The number of hydrogen-bond donors (Lipinski definition) is 0. The second-order valence-electron chi connectivity index (χ2n) is 4.06. The molecule has 78 valence electrons. The minimum Gasteiger partial charge on any atom is -0.472 e. The first-order valence-electron chi connectivity index (χ1n) is 5.26. The molecule has 2 rings (SSSR count). The molecule has 0 spiro atoms. The van der Waals surface area contributed by atoms with Crippen LogP contribution in [-0.4, -0.2) is 43.0 Å². The van der Waals surface area contributed by atoms with E-state index in [4.69, 9.17) is 4.42 Å². The largest absolute Gasteiger partial charge is 0.472 e. The molecule has 1 aliphatic heterocycles. The second-order valence-corrected chi connectivity index (χ2v) is 4.06. The van der Waals surface area contributed by atoms with Gasteiger partial charge in [-0.25, -0.2) is 0 Å². The van der Waals surface area contributed by atoms with Crippen molar-refractivity contribution in [3.8, 4) is 0 Å². The van der Waals surface area contributed by atoms with Crippen molar-refractivity contribution >= 4 is 0 Å². The van der Waals surface area contributed by atoms with E-state index in [9.17, 15) is 0 Å². The summed E-state index contributed by atoms with van der Waals surface area (Å²) in [5.41, 5.74) is 1.29. The summed E-state index contributed by atoms with van der Waals surface area (Å²) in [6.45, 7) is 5.81. The standard InChI is InChI=1S/C11H18N2O/c1-12-4-2-5-13(7-6-12)9-11-3-8-14-10-11/h3,8,10H,2,4-7,9H2,1H3. The maximum absolute atomic E-state index is 5.07. The fourth-order valence-corrected chi connectivity index (χ4v) is 1.90. The van der Waals surface area contributed by atoms with Crippen LogP contribution in [0.4, 0.5) is 0 Å². The minimum atomic E-state index is 1.03. The van der Waals surface area contributed by atoms with Crippen LogP contribution in [0.5, 0.6) is 0 Å². The van der Waals surface area contributed by atoms with E-state index in [1.807, 2.05) is 6.26 Å². The maximum Gasteiger partial charge on any atom is 0.0947 e. The molecule has 0 saturated carbocycles. The van der Waals surface area contributed by atoms with E-state index in [0.717, 1.165) is 6.54 Å². The van der Waals surface area contributed by atoms with Gasteiger partial charge in [0.25, 0.3) is 0 Å². The molecule has 3 nitrogen and oxygen atoms in total. The zero-order chi connectivity index (χ0) is 9.80. The first-order valence-corrected chi connectivity index (χ1v) is 5.26. The van der Waals surface area contributed by atoms with Crippen LogP contribution in [0.1, 0.15) is 12.0 Å². The quantitative estimate of drug-likeness (QED) is 0.710. The van der Waals surface area contributed by atoms with E-state index < -0.39 is 0 Å². The highest BCUT2D eigenvalue weighted by Gasteiger charge is 2.12. The van der Waals surface area contributed by atoms with Crippen LogP contribution in [0.25, 0.3) is 0 Å². The van der Waals surface area contributed by atoms with Gasteiger partial charge in [0.2, 0.25) is 0 Å². The average Bonchev–Trinajstić information content (AvgIpc) is 2.58. The van der Waals surface area contributed by atoms with Gasteiger partial charge in [-0.3, -0.25) is 4.90 Å². The molecule has 0 amide bonds. The summed E-state index contributed by atoms with van der Waals surface area (Å²) in [7, 11) is 2.20. The lowest BCUT2D eigenvalue weighted by Gasteiger charge is -2.18. The number of furan rings is 1. The van der Waals surface area contributed by atoms with Crippen molar-refractivity contribution in [3.63, 3.8) is 0 Å². The normalized spacial score (nSPS) is 20.9. The van der Waals surface area contributed by atoms with Crippen molar-refractivity contribution in [1.29, 1.82) is 0 Å². The molecule has 14 heavy (non-hydrogen) atoms. The first-order chi connectivity index (χ1) is 6.84. The van der Waals surface area contributed by atoms with Crippen LogP contribution in [-0.2, 0) is 6.54 Å². The molecule has 0 aliphatic carbocycles. The van der Waals surface area contributed by atoms with Gasteiger partial charge in [0, 0.05) is 25.2 Å². The monoisotopic (exact) mass is 194 g/mol. The van der Waals surface area contributed by atoms with Crippen molar-refractivity contribution in [2.45, 2.75) is 13.0 Å². The van der Waals surface area contributed by atoms with E-state index in [0.29, 0.717) is 0 Å². The van der Waals surface area contributed by atoms with Gasteiger partial charge >= 0.3 is 0 Å². The summed E-state index contributed by atoms with van der Waals surface area (Å²) in [4.78, 5) is 4.89. The Bertz CT molecular complexity index is 258. The SMILES string of the molecule is CN1CCCN(Cc2ccoc2)CC1. The van der Waals surface area contributed by atoms with Crippen molar-refractivity contribution < 1.29 is 4.42 Å². The molecule has 2 heterocycles. The Hall–Kier alpha value is -0.800. The summed E-state index contributed by atoms with van der Waals surface area (Å²) >= 11 is 0. The lowest BCUT2D eigenvalue weighted by molar-refractivity contribution is 0.268. The molecule has 0 aromatic carbocycles. The predicted octanol–water partition coefficient (Wildman–Crippen LogP) is 1.42. The minimum absolute atomic E-state index is 1.03. The number of nitrogens with zero attached hydrogens (tertiary/aromatic N) is 2. The fraction of sp³-hybridized carbons (Fsp3) is 0.636. The Morgan fingerprint density at radius 2 is 2.21 bits per heavy atom. The molecule has 1 aromatic rings. The summed E-state index contributed by atoms with van der Waals surface area (Å²) in [6, 6.07) is 2.05. The molecular weight excluding hydrogens is 176 g/mol. The van der Waals surface area contributed by atoms with Gasteiger partial charge in [-0.1, -0.05) is 0 Å². The summed E-state index contributed by atoms with van der Waals surface area (Å²) in [6.07, 6.45) is 4.86. The number of rotatable bonds is 2. The van der Waals surface area contributed by atoms with Crippen LogP contribution in [0.15, 0.2) is 23.0 Å². The zero-order valence-electron chi connectivity index (χ0n) is 8.78. The van der Waals surface area contributed by atoms with Gasteiger partial charge in [-0.2, -0.15) is 0 Å². The molecule has 3 heteroatoms. The molecule has 0 N–H and O–H groups in total. The van der Waals surface area contributed by atoms with Crippen LogP contribution < -0.4 is 0 Å². The Morgan fingerprint density at radius 1 is 1.29 bits per heavy atom. The van der Waals surface area contributed by atoms with E-state index in [1.165, 1.54) is 38.2 Å². The lowest BCUT2D eigenvalue weighted by atomic mass is 10.3. The Morgan fingerprint density at radius 3 is 3.00 bits per heavy atom. The van der Waals surface area contributed by atoms with Gasteiger partial charge < -0.3 is 9.32 Å². The number of likely N-dealkylation sites (N-methyl/N-ethyl adjacent to an activating group) is 1. The van der Waals surface area contributed by atoms with Crippen LogP contribution >= 0.6 is 0 Å². The molecule has 1 fully saturated rings. The molecule has 0 unspecified atom stereocenters.